The average Bonchev–Trinajstić information content (AvgIpc) is 3.15. The fourth-order valence-corrected chi connectivity index (χ4v) is 3.12. The van der Waals surface area contributed by atoms with E-state index in [1.807, 2.05) is 18.2 Å². The van der Waals surface area contributed by atoms with Crippen LogP contribution in [-0.2, 0) is 6.54 Å². The van der Waals surface area contributed by atoms with E-state index in [1.54, 1.807) is 12.1 Å². The Morgan fingerprint density at radius 2 is 1.77 bits per heavy atom. The lowest BCUT2D eigenvalue weighted by molar-refractivity contribution is 0.0697. The lowest BCUT2D eigenvalue weighted by Crippen LogP contribution is -2.38. The number of rotatable bonds is 6. The number of carbonyl (C=O) groups is 2. The van der Waals surface area contributed by atoms with Gasteiger partial charge in [0.2, 0.25) is 0 Å². The maximum Gasteiger partial charge on any atom is 0.335 e. The Labute approximate surface area is 152 Å². The van der Waals surface area contributed by atoms with Crippen LogP contribution < -0.4 is 15.5 Å². The Hall–Kier alpha value is -3.02. The number of hydrogen-bond donors (Lipinski definition) is 3. The third kappa shape index (κ3) is 4.75. The molecule has 3 N–H and O–H groups in total. The molecule has 3 rings (SSSR count). The van der Waals surface area contributed by atoms with Crippen molar-refractivity contribution in [2.75, 3.05) is 24.5 Å². The zero-order valence-corrected chi connectivity index (χ0v) is 14.5. The molecule has 1 atom stereocenters. The number of nitrogens with zero attached hydrogens (tertiary/aromatic N) is 1. The van der Waals surface area contributed by atoms with Crippen molar-refractivity contribution in [3.63, 3.8) is 0 Å². The molecule has 1 unspecified atom stereocenters. The van der Waals surface area contributed by atoms with Gasteiger partial charge in [-0.25, -0.2) is 9.59 Å². The van der Waals surface area contributed by atoms with Gasteiger partial charge in [0.25, 0.3) is 0 Å². The molecule has 0 aliphatic carbocycles. The van der Waals surface area contributed by atoms with Crippen LogP contribution in [0.4, 0.5) is 10.5 Å². The van der Waals surface area contributed by atoms with Crippen molar-refractivity contribution in [2.24, 2.45) is 5.92 Å². The second kappa shape index (κ2) is 8.38. The Balaban J connectivity index is 1.38. The first kappa shape index (κ1) is 17.8. The molecule has 2 amide bonds. The van der Waals surface area contributed by atoms with Crippen molar-refractivity contribution in [3.8, 4) is 0 Å². The van der Waals surface area contributed by atoms with Gasteiger partial charge in [0.05, 0.1) is 5.56 Å². The smallest absolute Gasteiger partial charge is 0.335 e. The zero-order valence-electron chi connectivity index (χ0n) is 14.5. The van der Waals surface area contributed by atoms with Crippen molar-refractivity contribution in [3.05, 3.63) is 65.7 Å². The van der Waals surface area contributed by atoms with E-state index in [4.69, 9.17) is 5.11 Å². The molecule has 1 saturated heterocycles. The molecular weight excluding hydrogens is 330 g/mol. The van der Waals surface area contributed by atoms with Gasteiger partial charge >= 0.3 is 12.0 Å². The third-order valence-electron chi connectivity index (χ3n) is 4.61. The van der Waals surface area contributed by atoms with E-state index in [0.717, 1.165) is 25.1 Å². The lowest BCUT2D eigenvalue weighted by Gasteiger charge is -2.18. The molecule has 1 aliphatic rings. The second-order valence-corrected chi connectivity index (χ2v) is 6.50. The Morgan fingerprint density at radius 3 is 2.46 bits per heavy atom. The molecule has 0 saturated carbocycles. The molecule has 0 radical (unpaired) electrons. The SMILES string of the molecule is O=C(NCc1ccc(C(=O)O)cc1)NCC1CCN(c2ccccc2)C1. The quantitative estimate of drug-likeness (QED) is 0.746. The standard InChI is InChI=1S/C20H23N3O3/c24-19(25)17-8-6-15(7-9-17)12-21-20(26)22-13-16-10-11-23(14-16)18-4-2-1-3-5-18/h1-9,16H,10-14H2,(H,24,25)(H2,21,22,26). The topological polar surface area (TPSA) is 81.7 Å². The van der Waals surface area contributed by atoms with Gasteiger partial charge < -0.3 is 20.6 Å². The maximum absolute atomic E-state index is 12.0. The summed E-state index contributed by atoms with van der Waals surface area (Å²) in [7, 11) is 0. The molecule has 26 heavy (non-hydrogen) atoms. The Kier molecular flexibility index (Phi) is 5.73. The summed E-state index contributed by atoms with van der Waals surface area (Å²) in [5.41, 5.74) is 2.33. The van der Waals surface area contributed by atoms with Crippen LogP contribution in [-0.4, -0.2) is 36.7 Å². The number of benzene rings is 2. The summed E-state index contributed by atoms with van der Waals surface area (Å²) in [5.74, 6) is -0.515. The molecule has 0 aromatic heterocycles. The summed E-state index contributed by atoms with van der Waals surface area (Å²) in [6, 6.07) is 16.6. The van der Waals surface area contributed by atoms with Gasteiger partial charge in [-0.05, 0) is 42.2 Å². The molecule has 1 aliphatic heterocycles. The highest BCUT2D eigenvalue weighted by Crippen LogP contribution is 2.22. The van der Waals surface area contributed by atoms with Crippen LogP contribution in [0.25, 0.3) is 0 Å². The summed E-state index contributed by atoms with van der Waals surface area (Å²) in [4.78, 5) is 25.1. The molecule has 0 spiro atoms. The fourth-order valence-electron chi connectivity index (χ4n) is 3.12. The first-order chi connectivity index (χ1) is 12.6. The third-order valence-corrected chi connectivity index (χ3v) is 4.61. The predicted octanol–water partition coefficient (Wildman–Crippen LogP) is 2.71. The minimum absolute atomic E-state index is 0.203. The molecule has 0 bridgehead atoms. The van der Waals surface area contributed by atoms with E-state index in [0.29, 0.717) is 19.0 Å². The van der Waals surface area contributed by atoms with Crippen LogP contribution >= 0.6 is 0 Å². The van der Waals surface area contributed by atoms with Gasteiger partial charge in [-0.1, -0.05) is 30.3 Å². The van der Waals surface area contributed by atoms with E-state index >= 15 is 0 Å². The summed E-state index contributed by atoms with van der Waals surface area (Å²) in [5, 5.41) is 14.6. The van der Waals surface area contributed by atoms with E-state index in [-0.39, 0.29) is 11.6 Å². The average molecular weight is 353 g/mol. The molecule has 2 aromatic carbocycles. The van der Waals surface area contributed by atoms with Gasteiger partial charge in [-0.2, -0.15) is 0 Å². The molecule has 1 fully saturated rings. The summed E-state index contributed by atoms with van der Waals surface area (Å²) in [6.07, 6.45) is 1.06. The number of aromatic carboxylic acids is 1. The minimum atomic E-state index is -0.955. The highest BCUT2D eigenvalue weighted by Gasteiger charge is 2.22. The van der Waals surface area contributed by atoms with Crippen molar-refractivity contribution >= 4 is 17.7 Å². The number of anilines is 1. The van der Waals surface area contributed by atoms with Crippen LogP contribution in [0.2, 0.25) is 0 Å². The number of carboxylic acid groups (broad SMARTS) is 1. The van der Waals surface area contributed by atoms with Gasteiger partial charge in [-0.3, -0.25) is 0 Å². The number of urea groups is 1. The van der Waals surface area contributed by atoms with Crippen molar-refractivity contribution in [1.29, 1.82) is 0 Å². The van der Waals surface area contributed by atoms with E-state index in [2.05, 4.69) is 27.7 Å². The Bertz CT molecular complexity index is 747. The molecule has 136 valence electrons. The summed E-state index contributed by atoms with van der Waals surface area (Å²) >= 11 is 0. The zero-order chi connectivity index (χ0) is 18.4. The highest BCUT2D eigenvalue weighted by atomic mass is 16.4. The number of carbonyl (C=O) groups excluding carboxylic acids is 1. The molecule has 6 heteroatoms. The van der Waals surface area contributed by atoms with E-state index in [1.165, 1.54) is 17.8 Å². The van der Waals surface area contributed by atoms with E-state index < -0.39 is 5.97 Å². The molecule has 1 heterocycles. The largest absolute Gasteiger partial charge is 0.478 e. The van der Waals surface area contributed by atoms with Gasteiger partial charge in [0.15, 0.2) is 0 Å². The minimum Gasteiger partial charge on any atom is -0.478 e. The van der Waals surface area contributed by atoms with Crippen molar-refractivity contribution < 1.29 is 14.7 Å². The highest BCUT2D eigenvalue weighted by molar-refractivity contribution is 5.87. The van der Waals surface area contributed by atoms with Crippen LogP contribution in [0, 0.1) is 5.92 Å². The second-order valence-electron chi connectivity index (χ2n) is 6.50. The van der Waals surface area contributed by atoms with E-state index in [9.17, 15) is 9.59 Å². The monoisotopic (exact) mass is 353 g/mol. The first-order valence-corrected chi connectivity index (χ1v) is 8.76. The number of carboxylic acids is 1. The number of hydrogen-bond acceptors (Lipinski definition) is 3. The van der Waals surface area contributed by atoms with Gasteiger partial charge in [0.1, 0.15) is 0 Å². The Morgan fingerprint density at radius 1 is 1.04 bits per heavy atom. The normalized spacial score (nSPS) is 16.3. The summed E-state index contributed by atoms with van der Waals surface area (Å²) in [6.45, 7) is 2.97. The maximum atomic E-state index is 12.0. The number of nitrogens with one attached hydrogen (secondary N) is 2. The first-order valence-electron chi connectivity index (χ1n) is 8.76. The van der Waals surface area contributed by atoms with Gasteiger partial charge in [0, 0.05) is 31.9 Å². The van der Waals surface area contributed by atoms with Crippen molar-refractivity contribution in [1.82, 2.24) is 10.6 Å². The summed E-state index contributed by atoms with van der Waals surface area (Å²) < 4.78 is 0. The van der Waals surface area contributed by atoms with Crippen LogP contribution in [0.5, 0.6) is 0 Å². The molecule has 2 aromatic rings. The van der Waals surface area contributed by atoms with Crippen LogP contribution in [0.1, 0.15) is 22.3 Å². The lowest BCUT2D eigenvalue weighted by atomic mass is 10.1. The molecular formula is C20H23N3O3. The van der Waals surface area contributed by atoms with Gasteiger partial charge in [-0.15, -0.1) is 0 Å². The van der Waals surface area contributed by atoms with Crippen LogP contribution in [0.3, 0.4) is 0 Å². The molecule has 6 nitrogen and oxygen atoms in total. The number of amides is 2. The fraction of sp³-hybridized carbons (Fsp3) is 0.300. The predicted molar refractivity (Wildman–Crippen MR) is 100 cm³/mol. The van der Waals surface area contributed by atoms with Crippen LogP contribution in [0.15, 0.2) is 54.6 Å². The number of para-hydroxylation sites is 1. The van der Waals surface area contributed by atoms with Crippen molar-refractivity contribution in [2.45, 2.75) is 13.0 Å².